The van der Waals surface area contributed by atoms with E-state index in [9.17, 15) is 9.90 Å². The van der Waals surface area contributed by atoms with Crippen LogP contribution in [0.4, 0.5) is 0 Å². The summed E-state index contributed by atoms with van der Waals surface area (Å²) in [5.74, 6) is 0.0620. The van der Waals surface area contributed by atoms with Crippen molar-refractivity contribution >= 4 is 5.91 Å². The number of aromatic hydroxyl groups is 1. The van der Waals surface area contributed by atoms with Crippen LogP contribution < -0.4 is 5.32 Å². The van der Waals surface area contributed by atoms with E-state index in [1.165, 1.54) is 5.56 Å². The smallest absolute Gasteiger partial charge is 0.255 e. The average Bonchev–Trinajstić information content (AvgIpc) is 2.53. The van der Waals surface area contributed by atoms with Crippen molar-refractivity contribution in [2.45, 2.75) is 32.9 Å². The summed E-state index contributed by atoms with van der Waals surface area (Å²) in [7, 11) is 4.07. The van der Waals surface area contributed by atoms with Crippen LogP contribution in [-0.2, 0) is 13.1 Å². The molecule has 0 unspecified atom stereocenters. The lowest BCUT2D eigenvalue weighted by Crippen LogP contribution is -2.23. The summed E-state index contributed by atoms with van der Waals surface area (Å²) in [5, 5.41) is 12.8. The fourth-order valence-electron chi connectivity index (χ4n) is 2.50. The van der Waals surface area contributed by atoms with Crippen LogP contribution in [0, 0.1) is 0 Å². The van der Waals surface area contributed by atoms with E-state index in [-0.39, 0.29) is 11.7 Å². The van der Waals surface area contributed by atoms with Crippen LogP contribution in [0.3, 0.4) is 0 Å². The molecule has 1 amide bonds. The summed E-state index contributed by atoms with van der Waals surface area (Å²) in [6, 6.07) is 13.4. The molecule has 0 spiro atoms. The van der Waals surface area contributed by atoms with Crippen LogP contribution in [0.2, 0.25) is 0 Å². The van der Waals surface area contributed by atoms with Crippen molar-refractivity contribution in [2.75, 3.05) is 14.1 Å². The zero-order valence-electron chi connectivity index (χ0n) is 14.8. The largest absolute Gasteiger partial charge is 0.507 e. The summed E-state index contributed by atoms with van der Waals surface area (Å²) in [4.78, 5) is 14.5. The lowest BCUT2D eigenvalue weighted by atomic mass is 10.00. The molecule has 0 aromatic heterocycles. The van der Waals surface area contributed by atoms with Crippen molar-refractivity contribution in [1.82, 2.24) is 10.2 Å². The molecular formula is C20H26N2O2. The number of carbonyl (C=O) groups excluding carboxylic acids is 1. The number of nitrogens with zero attached hydrogens (tertiary/aromatic N) is 1. The second kappa shape index (κ2) is 7.97. The Labute approximate surface area is 144 Å². The molecule has 0 radical (unpaired) electrons. The second-order valence-electron chi connectivity index (χ2n) is 6.67. The van der Waals surface area contributed by atoms with E-state index in [1.807, 2.05) is 32.3 Å². The Kier molecular flexibility index (Phi) is 5.99. The molecule has 128 valence electrons. The van der Waals surface area contributed by atoms with Gasteiger partial charge in [-0.2, -0.15) is 0 Å². The molecule has 4 heteroatoms. The molecule has 2 rings (SSSR count). The van der Waals surface area contributed by atoms with Gasteiger partial charge in [0.15, 0.2) is 0 Å². The number of phenols is 1. The molecule has 2 aromatic rings. The number of hydrogen-bond donors (Lipinski definition) is 2. The summed E-state index contributed by atoms with van der Waals surface area (Å²) in [5.41, 5.74) is 3.62. The van der Waals surface area contributed by atoms with Gasteiger partial charge in [0.25, 0.3) is 5.91 Å². The van der Waals surface area contributed by atoms with Gasteiger partial charge in [0.1, 0.15) is 5.75 Å². The molecule has 0 aliphatic heterocycles. The highest BCUT2D eigenvalue weighted by Gasteiger charge is 2.13. The van der Waals surface area contributed by atoms with Crippen LogP contribution in [0.5, 0.6) is 5.75 Å². The van der Waals surface area contributed by atoms with Crippen LogP contribution in [0.15, 0.2) is 42.5 Å². The minimum absolute atomic E-state index is 0.0123. The van der Waals surface area contributed by atoms with Gasteiger partial charge in [-0.25, -0.2) is 0 Å². The summed E-state index contributed by atoms with van der Waals surface area (Å²) >= 11 is 0. The van der Waals surface area contributed by atoms with E-state index < -0.39 is 0 Å². The Morgan fingerprint density at radius 2 is 1.71 bits per heavy atom. The molecular weight excluding hydrogens is 300 g/mol. The predicted octanol–water partition coefficient (Wildman–Crippen LogP) is 3.51. The molecule has 0 atom stereocenters. The third-order valence-corrected chi connectivity index (χ3v) is 3.91. The maximum Gasteiger partial charge on any atom is 0.255 e. The summed E-state index contributed by atoms with van der Waals surface area (Å²) < 4.78 is 0. The lowest BCUT2D eigenvalue weighted by Gasteiger charge is -2.12. The number of phenolic OH excluding ortho intramolecular Hbond substituents is 1. The number of rotatable bonds is 6. The fourth-order valence-corrected chi connectivity index (χ4v) is 2.50. The molecule has 0 saturated heterocycles. The first-order valence-electron chi connectivity index (χ1n) is 8.20. The quantitative estimate of drug-likeness (QED) is 0.854. The maximum atomic E-state index is 12.3. The van der Waals surface area contributed by atoms with E-state index in [0.717, 1.165) is 17.7 Å². The van der Waals surface area contributed by atoms with E-state index in [1.54, 1.807) is 12.1 Å². The highest BCUT2D eigenvalue weighted by molar-refractivity contribution is 5.97. The first kappa shape index (κ1) is 18.0. The minimum Gasteiger partial charge on any atom is -0.507 e. The monoisotopic (exact) mass is 326 g/mol. The molecule has 0 fully saturated rings. The van der Waals surface area contributed by atoms with Gasteiger partial charge >= 0.3 is 0 Å². The Morgan fingerprint density at radius 1 is 1.08 bits per heavy atom. The number of hydrogen-bond acceptors (Lipinski definition) is 3. The third-order valence-electron chi connectivity index (χ3n) is 3.91. The van der Waals surface area contributed by atoms with Crippen molar-refractivity contribution in [1.29, 1.82) is 0 Å². The Hall–Kier alpha value is -2.33. The van der Waals surface area contributed by atoms with Crippen LogP contribution in [0.1, 0.15) is 46.8 Å². The van der Waals surface area contributed by atoms with Gasteiger partial charge in [0.05, 0.1) is 5.56 Å². The third kappa shape index (κ3) is 4.83. The lowest BCUT2D eigenvalue weighted by molar-refractivity contribution is 0.0948. The molecule has 24 heavy (non-hydrogen) atoms. The standard InChI is InChI=1S/C20H26N2O2/c1-14(2)17-9-10-19(23)18(11-17)20(24)21-12-15-5-7-16(8-6-15)13-22(3)4/h5-11,14,23H,12-13H2,1-4H3,(H,21,24). The molecule has 0 bridgehead atoms. The Morgan fingerprint density at radius 3 is 2.29 bits per heavy atom. The minimum atomic E-state index is -0.257. The normalized spacial score (nSPS) is 11.1. The predicted molar refractivity (Wildman–Crippen MR) is 97.2 cm³/mol. The molecule has 0 aliphatic rings. The van der Waals surface area contributed by atoms with Crippen molar-refractivity contribution in [3.63, 3.8) is 0 Å². The molecule has 0 heterocycles. The molecule has 0 aliphatic carbocycles. The van der Waals surface area contributed by atoms with E-state index in [4.69, 9.17) is 0 Å². The Bertz CT molecular complexity index is 691. The topological polar surface area (TPSA) is 52.6 Å². The van der Waals surface area contributed by atoms with Gasteiger partial charge in [-0.05, 0) is 48.8 Å². The first-order chi connectivity index (χ1) is 11.4. The number of amides is 1. The zero-order chi connectivity index (χ0) is 17.7. The van der Waals surface area contributed by atoms with Crippen LogP contribution in [0.25, 0.3) is 0 Å². The van der Waals surface area contributed by atoms with E-state index in [0.29, 0.717) is 18.0 Å². The first-order valence-corrected chi connectivity index (χ1v) is 8.20. The van der Waals surface area contributed by atoms with E-state index >= 15 is 0 Å². The molecule has 2 aromatic carbocycles. The van der Waals surface area contributed by atoms with Crippen molar-refractivity contribution < 1.29 is 9.90 Å². The second-order valence-corrected chi connectivity index (χ2v) is 6.67. The average molecular weight is 326 g/mol. The number of carbonyl (C=O) groups is 1. The molecule has 2 N–H and O–H groups in total. The number of benzene rings is 2. The van der Waals surface area contributed by atoms with E-state index in [2.05, 4.69) is 36.2 Å². The molecule has 0 saturated carbocycles. The number of nitrogens with one attached hydrogen (secondary N) is 1. The van der Waals surface area contributed by atoms with Crippen molar-refractivity contribution in [3.05, 3.63) is 64.7 Å². The van der Waals surface area contributed by atoms with Crippen molar-refractivity contribution in [3.8, 4) is 5.75 Å². The molecule has 4 nitrogen and oxygen atoms in total. The van der Waals surface area contributed by atoms with Gasteiger partial charge in [0.2, 0.25) is 0 Å². The van der Waals surface area contributed by atoms with Crippen LogP contribution >= 0.6 is 0 Å². The fraction of sp³-hybridized carbons (Fsp3) is 0.350. The maximum absolute atomic E-state index is 12.3. The highest BCUT2D eigenvalue weighted by Crippen LogP contribution is 2.23. The summed E-state index contributed by atoms with van der Waals surface area (Å²) in [6.45, 7) is 5.45. The highest BCUT2D eigenvalue weighted by atomic mass is 16.3. The zero-order valence-corrected chi connectivity index (χ0v) is 14.8. The van der Waals surface area contributed by atoms with Gasteiger partial charge in [0, 0.05) is 13.1 Å². The summed E-state index contributed by atoms with van der Waals surface area (Å²) in [6.07, 6.45) is 0. The van der Waals surface area contributed by atoms with Crippen LogP contribution in [-0.4, -0.2) is 30.0 Å². The Balaban J connectivity index is 2.01. The van der Waals surface area contributed by atoms with Gasteiger partial charge in [-0.1, -0.05) is 44.2 Å². The van der Waals surface area contributed by atoms with Crippen molar-refractivity contribution in [2.24, 2.45) is 0 Å². The van der Waals surface area contributed by atoms with Gasteiger partial charge < -0.3 is 15.3 Å². The SMILES string of the molecule is CC(C)c1ccc(O)c(C(=O)NCc2ccc(CN(C)C)cc2)c1. The van der Waals surface area contributed by atoms with Gasteiger partial charge in [-0.15, -0.1) is 0 Å². The van der Waals surface area contributed by atoms with Gasteiger partial charge in [-0.3, -0.25) is 4.79 Å².